The van der Waals surface area contributed by atoms with Crippen molar-refractivity contribution in [2.75, 3.05) is 11.5 Å². The number of hydrogen-bond acceptors (Lipinski definition) is 6. The largest absolute Gasteiger partial charge is 0.351 e. The third-order valence-corrected chi connectivity index (χ3v) is 7.00. The summed E-state index contributed by atoms with van der Waals surface area (Å²) in [5.74, 6) is -0.175. The molecule has 1 amide bonds. The summed E-state index contributed by atoms with van der Waals surface area (Å²) in [6, 6.07) is 9.14. The van der Waals surface area contributed by atoms with Crippen LogP contribution in [0.1, 0.15) is 18.9 Å². The fourth-order valence-corrected chi connectivity index (χ4v) is 5.28. The van der Waals surface area contributed by atoms with Crippen molar-refractivity contribution in [1.29, 1.82) is 0 Å². The first-order valence-corrected chi connectivity index (χ1v) is 10.9. The Bertz CT molecular complexity index is 937. The van der Waals surface area contributed by atoms with E-state index < -0.39 is 15.1 Å². The van der Waals surface area contributed by atoms with Crippen LogP contribution in [0.5, 0.6) is 0 Å². The van der Waals surface area contributed by atoms with Gasteiger partial charge in [-0.05, 0) is 18.9 Å². The van der Waals surface area contributed by atoms with E-state index in [1.54, 1.807) is 6.92 Å². The van der Waals surface area contributed by atoms with Crippen LogP contribution in [0.3, 0.4) is 0 Å². The van der Waals surface area contributed by atoms with Crippen molar-refractivity contribution < 1.29 is 13.2 Å². The molecule has 8 nitrogen and oxygen atoms in total. The monoisotopic (exact) mass is 396 g/mol. The zero-order valence-corrected chi connectivity index (χ0v) is 15.8. The molecule has 1 aromatic heterocycles. The summed E-state index contributed by atoms with van der Waals surface area (Å²) in [7, 11) is -3.05. The minimum Gasteiger partial charge on any atom is -0.351 e. The van der Waals surface area contributed by atoms with E-state index in [2.05, 4.69) is 15.5 Å². The molecule has 26 heavy (non-hydrogen) atoms. The molecule has 2 atom stereocenters. The predicted molar refractivity (Wildman–Crippen MR) is 98.9 cm³/mol. The molecule has 0 bridgehead atoms. The van der Waals surface area contributed by atoms with E-state index in [1.165, 1.54) is 4.57 Å². The zero-order chi connectivity index (χ0) is 18.7. The van der Waals surface area contributed by atoms with Crippen molar-refractivity contribution >= 4 is 27.5 Å². The lowest BCUT2D eigenvalue weighted by Gasteiger charge is -2.15. The number of thioether (sulfide) groups is 1. The zero-order valence-electron chi connectivity index (χ0n) is 14.2. The second-order valence-corrected chi connectivity index (χ2v) is 9.79. The Balaban J connectivity index is 1.65. The summed E-state index contributed by atoms with van der Waals surface area (Å²) in [6.07, 6.45) is 0.437. The minimum absolute atomic E-state index is 0.0166. The van der Waals surface area contributed by atoms with Gasteiger partial charge in [-0.1, -0.05) is 42.1 Å². The maximum absolute atomic E-state index is 12.3. The van der Waals surface area contributed by atoms with Gasteiger partial charge in [0.05, 0.1) is 23.3 Å². The lowest BCUT2D eigenvalue weighted by molar-refractivity contribution is -0.120. The molecule has 1 saturated heterocycles. The summed E-state index contributed by atoms with van der Waals surface area (Å²) >= 11 is 1.16. The Kier molecular flexibility index (Phi) is 5.52. The molecule has 1 fully saturated rings. The molecule has 1 aromatic carbocycles. The summed E-state index contributed by atoms with van der Waals surface area (Å²) < 4.78 is 24.5. The number of sulfone groups is 1. The second kappa shape index (κ2) is 7.67. The third-order valence-electron chi connectivity index (χ3n) is 4.14. The average molecular weight is 396 g/mol. The lowest BCUT2D eigenvalue weighted by Crippen LogP contribution is -2.40. The van der Waals surface area contributed by atoms with Gasteiger partial charge < -0.3 is 5.32 Å². The lowest BCUT2D eigenvalue weighted by atomic mass is 10.2. The van der Waals surface area contributed by atoms with E-state index in [0.29, 0.717) is 18.1 Å². The number of H-pyrrole nitrogens is 1. The molecule has 1 aliphatic heterocycles. The highest BCUT2D eigenvalue weighted by Crippen LogP contribution is 2.21. The Hall–Kier alpha value is -2.07. The summed E-state index contributed by atoms with van der Waals surface area (Å²) in [6.45, 7) is 2.06. The number of nitrogens with zero attached hydrogens (tertiary/aromatic N) is 2. The number of aromatic nitrogens is 3. The van der Waals surface area contributed by atoms with Crippen LogP contribution in [0.15, 0.2) is 40.3 Å². The molecule has 2 aromatic rings. The molecule has 140 valence electrons. The van der Waals surface area contributed by atoms with E-state index in [9.17, 15) is 18.0 Å². The van der Waals surface area contributed by atoms with Gasteiger partial charge in [-0.25, -0.2) is 18.3 Å². The Labute approximate surface area is 155 Å². The maximum Gasteiger partial charge on any atom is 0.344 e. The van der Waals surface area contributed by atoms with Crippen LogP contribution in [-0.2, 0) is 21.2 Å². The van der Waals surface area contributed by atoms with Gasteiger partial charge in [-0.15, -0.1) is 5.10 Å². The highest BCUT2D eigenvalue weighted by molar-refractivity contribution is 8.00. The summed E-state index contributed by atoms with van der Waals surface area (Å²) in [5, 5.41) is 9.09. The van der Waals surface area contributed by atoms with E-state index in [-0.39, 0.29) is 29.1 Å². The van der Waals surface area contributed by atoms with Crippen LogP contribution < -0.4 is 11.0 Å². The second-order valence-electron chi connectivity index (χ2n) is 6.25. The van der Waals surface area contributed by atoms with Gasteiger partial charge in [0.25, 0.3) is 0 Å². The number of nitrogens with one attached hydrogen (secondary N) is 2. The molecule has 10 heteroatoms. The molecule has 2 N–H and O–H groups in total. The van der Waals surface area contributed by atoms with Crippen molar-refractivity contribution in [2.45, 2.75) is 36.3 Å². The number of amides is 1. The average Bonchev–Trinajstić information content (AvgIpc) is 3.11. The number of carbonyl (C=O) groups is 1. The number of aromatic amines is 1. The molecule has 3 rings (SSSR count). The van der Waals surface area contributed by atoms with Crippen molar-refractivity contribution in [3.05, 3.63) is 46.4 Å². The van der Waals surface area contributed by atoms with E-state index >= 15 is 0 Å². The number of hydrogen-bond donors (Lipinski definition) is 2. The molecule has 0 saturated carbocycles. The van der Waals surface area contributed by atoms with Crippen molar-refractivity contribution in [2.24, 2.45) is 0 Å². The van der Waals surface area contributed by atoms with Crippen LogP contribution in [0, 0.1) is 0 Å². The van der Waals surface area contributed by atoms with E-state index in [4.69, 9.17) is 0 Å². The minimum atomic E-state index is -3.05. The SMILES string of the molecule is C[C@@H](Sc1n[nH]c(=O)n1Cc1ccccc1)C(=O)N[C@@H]1CCS(=O)(=O)C1. The first-order chi connectivity index (χ1) is 12.3. The molecular formula is C16H20N4O4S2. The summed E-state index contributed by atoms with van der Waals surface area (Å²) in [4.78, 5) is 24.3. The smallest absolute Gasteiger partial charge is 0.344 e. The first-order valence-electron chi connectivity index (χ1n) is 8.20. The van der Waals surface area contributed by atoms with Crippen LogP contribution in [0.4, 0.5) is 0 Å². The quantitative estimate of drug-likeness (QED) is 0.684. The Morgan fingerprint density at radius 3 is 2.81 bits per heavy atom. The highest BCUT2D eigenvalue weighted by atomic mass is 32.2. The van der Waals surface area contributed by atoms with Gasteiger partial charge in [0, 0.05) is 6.04 Å². The van der Waals surface area contributed by atoms with Crippen molar-refractivity contribution in [1.82, 2.24) is 20.1 Å². The van der Waals surface area contributed by atoms with E-state index in [0.717, 1.165) is 17.3 Å². The summed E-state index contributed by atoms with van der Waals surface area (Å²) in [5.41, 5.74) is 0.608. The molecule has 1 aliphatic rings. The van der Waals surface area contributed by atoms with Crippen LogP contribution >= 0.6 is 11.8 Å². The standard InChI is InChI=1S/C16H20N4O4S2/c1-11(14(21)17-13-7-8-26(23,24)10-13)25-16-19-18-15(22)20(16)9-12-5-3-2-4-6-12/h2-6,11,13H,7-10H2,1H3,(H,17,21)(H,18,22)/t11-,13-/m1/s1. The van der Waals surface area contributed by atoms with Crippen LogP contribution in [-0.4, -0.2) is 51.9 Å². The Morgan fingerprint density at radius 1 is 1.42 bits per heavy atom. The fourth-order valence-electron chi connectivity index (χ4n) is 2.74. The van der Waals surface area contributed by atoms with Gasteiger partial charge in [0.1, 0.15) is 0 Å². The number of carbonyl (C=O) groups excluding carboxylic acids is 1. The molecule has 0 unspecified atom stereocenters. The molecule has 0 radical (unpaired) electrons. The number of rotatable bonds is 6. The van der Waals surface area contributed by atoms with E-state index in [1.807, 2.05) is 30.3 Å². The van der Waals surface area contributed by atoms with Crippen molar-refractivity contribution in [3.63, 3.8) is 0 Å². The van der Waals surface area contributed by atoms with Gasteiger partial charge in [0.2, 0.25) is 5.91 Å². The number of benzene rings is 1. The predicted octanol–water partition coefficient (Wildman–Crippen LogP) is 0.404. The fraction of sp³-hybridized carbons (Fsp3) is 0.438. The molecule has 2 heterocycles. The van der Waals surface area contributed by atoms with Crippen LogP contribution in [0.2, 0.25) is 0 Å². The first kappa shape index (κ1) is 18.7. The maximum atomic E-state index is 12.3. The van der Waals surface area contributed by atoms with Crippen LogP contribution in [0.25, 0.3) is 0 Å². The van der Waals surface area contributed by atoms with Gasteiger partial charge >= 0.3 is 5.69 Å². The Morgan fingerprint density at radius 2 is 2.15 bits per heavy atom. The van der Waals surface area contributed by atoms with Gasteiger partial charge in [0.15, 0.2) is 15.0 Å². The highest BCUT2D eigenvalue weighted by Gasteiger charge is 2.30. The topological polar surface area (TPSA) is 114 Å². The molecular weight excluding hydrogens is 376 g/mol. The van der Waals surface area contributed by atoms with Crippen molar-refractivity contribution in [3.8, 4) is 0 Å². The molecule has 0 aliphatic carbocycles. The van der Waals surface area contributed by atoms with Gasteiger partial charge in [-0.2, -0.15) is 0 Å². The normalized spacial score (nSPS) is 20.0. The third kappa shape index (κ3) is 4.55. The van der Waals surface area contributed by atoms with Gasteiger partial charge in [-0.3, -0.25) is 9.36 Å². The molecule has 0 spiro atoms.